The van der Waals surface area contributed by atoms with Crippen molar-refractivity contribution in [3.05, 3.63) is 28.2 Å². The van der Waals surface area contributed by atoms with E-state index in [1.807, 2.05) is 25.1 Å². The molecule has 1 aromatic rings. The molecule has 0 aliphatic heterocycles. The van der Waals surface area contributed by atoms with Gasteiger partial charge in [0, 0.05) is 16.7 Å². The van der Waals surface area contributed by atoms with Crippen LogP contribution in [0.5, 0.6) is 0 Å². The number of benzene rings is 1. The molecule has 0 spiro atoms. The number of nitrogens with one attached hydrogen (secondary N) is 2. The van der Waals surface area contributed by atoms with Crippen molar-refractivity contribution in [2.75, 3.05) is 11.9 Å². The van der Waals surface area contributed by atoms with Crippen molar-refractivity contribution in [3.63, 3.8) is 0 Å². The number of halogens is 1. The molecule has 19 heavy (non-hydrogen) atoms. The fourth-order valence-corrected chi connectivity index (χ4v) is 2.05. The number of hydrogen-bond donors (Lipinski definition) is 2. The molecule has 0 atom stereocenters. The van der Waals surface area contributed by atoms with Crippen LogP contribution in [0.15, 0.2) is 22.7 Å². The van der Waals surface area contributed by atoms with Crippen molar-refractivity contribution in [1.82, 2.24) is 5.32 Å². The second kappa shape index (κ2) is 7.94. The van der Waals surface area contributed by atoms with E-state index in [4.69, 9.17) is 0 Å². The number of rotatable bonds is 6. The third-order valence-electron chi connectivity index (χ3n) is 2.64. The van der Waals surface area contributed by atoms with Gasteiger partial charge in [0.2, 0.25) is 11.8 Å². The molecule has 0 heterocycles. The molecule has 0 saturated heterocycles. The Morgan fingerprint density at radius 2 is 2.00 bits per heavy atom. The summed E-state index contributed by atoms with van der Waals surface area (Å²) in [6.07, 6.45) is 1.81. The van der Waals surface area contributed by atoms with Crippen LogP contribution in [0, 0.1) is 6.92 Å². The SMILES string of the molecule is CCCCNC(=O)CC(=O)Nc1ccc(Br)cc1C. The fourth-order valence-electron chi connectivity index (χ4n) is 1.57. The summed E-state index contributed by atoms with van der Waals surface area (Å²) in [4.78, 5) is 23.2. The minimum atomic E-state index is -0.292. The predicted octanol–water partition coefficient (Wildman–Crippen LogP) is 3.00. The first-order chi connectivity index (χ1) is 9.02. The highest BCUT2D eigenvalue weighted by Gasteiger charge is 2.10. The smallest absolute Gasteiger partial charge is 0.233 e. The van der Waals surface area contributed by atoms with Crippen molar-refractivity contribution < 1.29 is 9.59 Å². The van der Waals surface area contributed by atoms with Crippen molar-refractivity contribution in [3.8, 4) is 0 Å². The Morgan fingerprint density at radius 3 is 2.63 bits per heavy atom. The summed E-state index contributed by atoms with van der Waals surface area (Å²) >= 11 is 3.36. The number of aryl methyl sites for hydroxylation is 1. The molecule has 0 aromatic heterocycles. The average molecular weight is 327 g/mol. The van der Waals surface area contributed by atoms with E-state index < -0.39 is 0 Å². The molecule has 0 saturated carbocycles. The van der Waals surface area contributed by atoms with Gasteiger partial charge in [-0.2, -0.15) is 0 Å². The van der Waals surface area contributed by atoms with Gasteiger partial charge in [-0.1, -0.05) is 29.3 Å². The second-order valence-electron chi connectivity index (χ2n) is 4.39. The number of carbonyl (C=O) groups excluding carboxylic acids is 2. The fraction of sp³-hybridized carbons (Fsp3) is 0.429. The van der Waals surface area contributed by atoms with Gasteiger partial charge in [-0.05, 0) is 37.1 Å². The van der Waals surface area contributed by atoms with E-state index in [2.05, 4.69) is 33.5 Å². The average Bonchev–Trinajstić information content (AvgIpc) is 2.33. The Bertz CT molecular complexity index is 461. The maximum absolute atomic E-state index is 11.7. The number of hydrogen-bond acceptors (Lipinski definition) is 2. The van der Waals surface area contributed by atoms with Crippen molar-refractivity contribution in [2.45, 2.75) is 33.1 Å². The van der Waals surface area contributed by atoms with Crippen LogP contribution in [0.3, 0.4) is 0 Å². The molecule has 2 amide bonds. The highest BCUT2D eigenvalue weighted by Crippen LogP contribution is 2.20. The normalized spacial score (nSPS) is 10.1. The first kappa shape index (κ1) is 15.7. The zero-order chi connectivity index (χ0) is 14.3. The maximum Gasteiger partial charge on any atom is 0.233 e. The molecule has 0 fully saturated rings. The molecule has 0 unspecified atom stereocenters. The summed E-state index contributed by atoms with van der Waals surface area (Å²) in [6.45, 7) is 4.58. The Balaban J connectivity index is 2.44. The van der Waals surface area contributed by atoms with Crippen LogP contribution < -0.4 is 10.6 Å². The number of amides is 2. The predicted molar refractivity (Wildman–Crippen MR) is 80.0 cm³/mol. The minimum Gasteiger partial charge on any atom is -0.356 e. The first-order valence-electron chi connectivity index (χ1n) is 6.35. The molecule has 0 aliphatic rings. The highest BCUT2D eigenvalue weighted by atomic mass is 79.9. The topological polar surface area (TPSA) is 58.2 Å². The monoisotopic (exact) mass is 326 g/mol. The molecule has 0 aliphatic carbocycles. The molecular weight excluding hydrogens is 308 g/mol. The van der Waals surface area contributed by atoms with Crippen molar-refractivity contribution in [2.24, 2.45) is 0 Å². The summed E-state index contributed by atoms with van der Waals surface area (Å²) in [6, 6.07) is 5.58. The molecule has 5 heteroatoms. The lowest BCUT2D eigenvalue weighted by Crippen LogP contribution is -2.28. The van der Waals surface area contributed by atoms with Crippen LogP contribution >= 0.6 is 15.9 Å². The summed E-state index contributed by atoms with van der Waals surface area (Å²) in [5, 5.41) is 5.45. The molecule has 104 valence electrons. The first-order valence-corrected chi connectivity index (χ1v) is 7.15. The Hall–Kier alpha value is -1.36. The van der Waals surface area contributed by atoms with Gasteiger partial charge in [-0.15, -0.1) is 0 Å². The molecular formula is C14H19BrN2O2. The third-order valence-corrected chi connectivity index (χ3v) is 3.13. The van der Waals surface area contributed by atoms with Gasteiger partial charge in [-0.3, -0.25) is 9.59 Å². The lowest BCUT2D eigenvalue weighted by atomic mass is 10.2. The van der Waals surface area contributed by atoms with Gasteiger partial charge >= 0.3 is 0 Å². The maximum atomic E-state index is 11.7. The molecule has 0 bridgehead atoms. The summed E-state index contributed by atoms with van der Waals surface area (Å²) in [5.74, 6) is -0.528. The van der Waals surface area contributed by atoms with Gasteiger partial charge in [0.25, 0.3) is 0 Å². The van der Waals surface area contributed by atoms with Crippen LogP contribution in [-0.4, -0.2) is 18.4 Å². The van der Waals surface area contributed by atoms with E-state index in [0.29, 0.717) is 6.54 Å². The van der Waals surface area contributed by atoms with Gasteiger partial charge in [0.15, 0.2) is 0 Å². The van der Waals surface area contributed by atoms with Crippen LogP contribution in [0.4, 0.5) is 5.69 Å². The Labute approximate surface area is 122 Å². The molecule has 1 rings (SSSR count). The van der Waals surface area contributed by atoms with E-state index in [1.165, 1.54) is 0 Å². The molecule has 4 nitrogen and oxygen atoms in total. The van der Waals surface area contributed by atoms with E-state index in [9.17, 15) is 9.59 Å². The van der Waals surface area contributed by atoms with E-state index >= 15 is 0 Å². The van der Waals surface area contributed by atoms with E-state index in [-0.39, 0.29) is 18.2 Å². The number of carbonyl (C=O) groups is 2. The quantitative estimate of drug-likeness (QED) is 0.623. The second-order valence-corrected chi connectivity index (χ2v) is 5.30. The van der Waals surface area contributed by atoms with Crippen LogP contribution in [-0.2, 0) is 9.59 Å². The van der Waals surface area contributed by atoms with E-state index in [0.717, 1.165) is 28.6 Å². The molecule has 2 N–H and O–H groups in total. The third kappa shape index (κ3) is 5.87. The highest BCUT2D eigenvalue weighted by molar-refractivity contribution is 9.10. The Morgan fingerprint density at radius 1 is 1.26 bits per heavy atom. The summed E-state index contributed by atoms with van der Waals surface area (Å²) < 4.78 is 0.959. The van der Waals surface area contributed by atoms with Gasteiger partial charge in [-0.25, -0.2) is 0 Å². The van der Waals surface area contributed by atoms with Crippen LogP contribution in [0.1, 0.15) is 31.7 Å². The van der Waals surface area contributed by atoms with Crippen LogP contribution in [0.25, 0.3) is 0 Å². The van der Waals surface area contributed by atoms with Crippen molar-refractivity contribution in [1.29, 1.82) is 0 Å². The zero-order valence-electron chi connectivity index (χ0n) is 11.3. The standard InChI is InChI=1S/C14H19BrN2O2/c1-3-4-7-16-13(18)9-14(19)17-12-6-5-11(15)8-10(12)2/h5-6,8H,3-4,7,9H2,1-2H3,(H,16,18)(H,17,19). The number of unbranched alkanes of at least 4 members (excludes halogenated alkanes) is 1. The molecule has 1 aromatic carbocycles. The van der Waals surface area contributed by atoms with Gasteiger partial charge in [0.05, 0.1) is 0 Å². The van der Waals surface area contributed by atoms with Crippen molar-refractivity contribution >= 4 is 33.4 Å². The molecule has 0 radical (unpaired) electrons. The number of anilines is 1. The summed E-state index contributed by atoms with van der Waals surface area (Å²) in [7, 11) is 0. The minimum absolute atomic E-state index is 0.140. The van der Waals surface area contributed by atoms with Crippen LogP contribution in [0.2, 0.25) is 0 Å². The zero-order valence-corrected chi connectivity index (χ0v) is 12.8. The van der Waals surface area contributed by atoms with Gasteiger partial charge < -0.3 is 10.6 Å². The lowest BCUT2D eigenvalue weighted by Gasteiger charge is -2.09. The Kier molecular flexibility index (Phi) is 6.56. The largest absolute Gasteiger partial charge is 0.356 e. The van der Waals surface area contributed by atoms with Gasteiger partial charge in [0.1, 0.15) is 6.42 Å². The van der Waals surface area contributed by atoms with E-state index in [1.54, 1.807) is 0 Å². The summed E-state index contributed by atoms with van der Waals surface area (Å²) in [5.41, 5.74) is 1.68. The lowest BCUT2D eigenvalue weighted by molar-refractivity contribution is -0.126.